The third kappa shape index (κ3) is 3.49. The highest BCUT2D eigenvalue weighted by molar-refractivity contribution is 7.89. The minimum atomic E-state index is -3.64. The molecule has 0 saturated heterocycles. The molecule has 0 radical (unpaired) electrons. The summed E-state index contributed by atoms with van der Waals surface area (Å²) in [4.78, 5) is 8.38. The van der Waals surface area contributed by atoms with Crippen LogP contribution in [0.2, 0.25) is 0 Å². The van der Waals surface area contributed by atoms with Gasteiger partial charge in [0, 0.05) is 18.9 Å². The minimum absolute atomic E-state index is 0.104. The van der Waals surface area contributed by atoms with Crippen LogP contribution in [0.15, 0.2) is 41.6 Å². The highest BCUT2D eigenvalue weighted by atomic mass is 32.2. The van der Waals surface area contributed by atoms with Crippen LogP contribution in [0.5, 0.6) is 0 Å². The van der Waals surface area contributed by atoms with Crippen LogP contribution in [0, 0.1) is 6.92 Å². The number of nitrogens with zero attached hydrogens (tertiary/aromatic N) is 2. The zero-order chi connectivity index (χ0) is 13.9. The number of nitrogens with two attached hydrogens (primary N) is 1. The van der Waals surface area contributed by atoms with E-state index in [2.05, 4.69) is 15.3 Å². The quantitative estimate of drug-likeness (QED) is 0.871. The Bertz CT molecular complexity index is 668. The van der Waals surface area contributed by atoms with Crippen LogP contribution in [-0.2, 0) is 16.6 Å². The van der Waals surface area contributed by atoms with Gasteiger partial charge in [0.2, 0.25) is 10.0 Å². The standard InChI is InChI=1S/C12H14N4O2S/c1-9-12(15-7-6-14-9)16-8-10-2-4-11(5-3-10)19(13,17)18/h2-7H,8H2,1H3,(H,15,16)(H2,13,17,18). The summed E-state index contributed by atoms with van der Waals surface area (Å²) in [6, 6.07) is 6.38. The molecule has 7 heteroatoms. The van der Waals surface area contributed by atoms with Gasteiger partial charge < -0.3 is 5.32 Å². The third-order valence-electron chi connectivity index (χ3n) is 2.59. The zero-order valence-electron chi connectivity index (χ0n) is 10.4. The monoisotopic (exact) mass is 278 g/mol. The van der Waals surface area contributed by atoms with Gasteiger partial charge >= 0.3 is 0 Å². The lowest BCUT2D eigenvalue weighted by molar-refractivity contribution is 0.598. The number of nitrogens with one attached hydrogen (secondary N) is 1. The molecule has 100 valence electrons. The predicted octanol–water partition coefficient (Wildman–Crippen LogP) is 1.04. The van der Waals surface area contributed by atoms with E-state index in [0.29, 0.717) is 12.4 Å². The Morgan fingerprint density at radius 1 is 1.16 bits per heavy atom. The number of hydrogen-bond acceptors (Lipinski definition) is 5. The summed E-state index contributed by atoms with van der Waals surface area (Å²) in [5, 5.41) is 8.16. The number of primary sulfonamides is 1. The number of benzene rings is 1. The topological polar surface area (TPSA) is 98.0 Å². The largest absolute Gasteiger partial charge is 0.364 e. The molecule has 3 N–H and O–H groups in total. The molecule has 0 aliphatic carbocycles. The molecule has 0 saturated carbocycles. The van der Waals surface area contributed by atoms with Crippen LogP contribution in [0.3, 0.4) is 0 Å². The molecule has 2 rings (SSSR count). The maximum absolute atomic E-state index is 11.1. The second-order valence-corrected chi connectivity index (χ2v) is 5.59. The van der Waals surface area contributed by atoms with Crippen LogP contribution in [-0.4, -0.2) is 18.4 Å². The molecule has 0 amide bonds. The first kappa shape index (κ1) is 13.4. The van der Waals surface area contributed by atoms with Crippen LogP contribution in [0.1, 0.15) is 11.3 Å². The molecule has 6 nitrogen and oxygen atoms in total. The Morgan fingerprint density at radius 2 is 1.79 bits per heavy atom. The molecule has 2 aromatic rings. The number of hydrogen-bond donors (Lipinski definition) is 2. The van der Waals surface area contributed by atoms with E-state index in [4.69, 9.17) is 5.14 Å². The van der Waals surface area contributed by atoms with Gasteiger partial charge in [0.05, 0.1) is 10.6 Å². The van der Waals surface area contributed by atoms with Gasteiger partial charge in [-0.2, -0.15) is 0 Å². The molecule has 1 aromatic carbocycles. The Balaban J connectivity index is 2.07. The van der Waals surface area contributed by atoms with E-state index in [9.17, 15) is 8.42 Å². The van der Waals surface area contributed by atoms with Crippen molar-refractivity contribution in [3.05, 3.63) is 47.9 Å². The smallest absolute Gasteiger partial charge is 0.238 e. The highest BCUT2D eigenvalue weighted by Gasteiger charge is 2.06. The average Bonchev–Trinajstić information content (AvgIpc) is 2.37. The van der Waals surface area contributed by atoms with Crippen molar-refractivity contribution in [2.24, 2.45) is 5.14 Å². The summed E-state index contributed by atoms with van der Waals surface area (Å²) in [5.74, 6) is 0.707. The van der Waals surface area contributed by atoms with Crippen molar-refractivity contribution in [1.29, 1.82) is 0 Å². The lowest BCUT2D eigenvalue weighted by atomic mass is 10.2. The molecule has 0 bridgehead atoms. The summed E-state index contributed by atoms with van der Waals surface area (Å²) in [6.45, 7) is 2.39. The van der Waals surface area contributed by atoms with Gasteiger partial charge in [-0.3, -0.25) is 4.98 Å². The van der Waals surface area contributed by atoms with Crippen molar-refractivity contribution < 1.29 is 8.42 Å². The zero-order valence-corrected chi connectivity index (χ0v) is 11.2. The Labute approximate surface area is 111 Å². The summed E-state index contributed by atoms with van der Waals surface area (Å²) < 4.78 is 22.2. The van der Waals surface area contributed by atoms with Gasteiger partial charge in [0.15, 0.2) is 0 Å². The van der Waals surface area contributed by atoms with E-state index in [1.807, 2.05) is 6.92 Å². The molecule has 0 atom stereocenters. The lowest BCUT2D eigenvalue weighted by Gasteiger charge is -2.07. The number of aromatic nitrogens is 2. The second kappa shape index (κ2) is 5.33. The van der Waals surface area contributed by atoms with Crippen LogP contribution in [0.25, 0.3) is 0 Å². The van der Waals surface area contributed by atoms with Crippen LogP contribution < -0.4 is 10.5 Å². The molecule has 19 heavy (non-hydrogen) atoms. The first-order valence-electron chi connectivity index (χ1n) is 5.60. The number of rotatable bonds is 4. The molecule has 0 aliphatic heterocycles. The Hall–Kier alpha value is -1.99. The van der Waals surface area contributed by atoms with Crippen LogP contribution in [0.4, 0.5) is 5.82 Å². The maximum atomic E-state index is 11.1. The van der Waals surface area contributed by atoms with Crippen molar-refractivity contribution in [2.75, 3.05) is 5.32 Å². The summed E-state index contributed by atoms with van der Waals surface area (Å²) in [5.41, 5.74) is 1.74. The van der Waals surface area contributed by atoms with E-state index >= 15 is 0 Å². The summed E-state index contributed by atoms with van der Waals surface area (Å²) in [6.07, 6.45) is 3.24. The first-order valence-corrected chi connectivity index (χ1v) is 7.14. The fraction of sp³-hybridized carbons (Fsp3) is 0.167. The van der Waals surface area contributed by atoms with Gasteiger partial charge in [0.25, 0.3) is 0 Å². The fourth-order valence-electron chi connectivity index (χ4n) is 1.56. The minimum Gasteiger partial charge on any atom is -0.364 e. The predicted molar refractivity (Wildman–Crippen MR) is 71.9 cm³/mol. The Kier molecular flexibility index (Phi) is 3.77. The molecule has 0 unspecified atom stereocenters. The maximum Gasteiger partial charge on any atom is 0.238 e. The van der Waals surface area contributed by atoms with Crippen molar-refractivity contribution in [3.8, 4) is 0 Å². The van der Waals surface area contributed by atoms with Crippen molar-refractivity contribution in [1.82, 2.24) is 9.97 Å². The molecule has 0 fully saturated rings. The molecule has 1 heterocycles. The van der Waals surface area contributed by atoms with E-state index < -0.39 is 10.0 Å². The lowest BCUT2D eigenvalue weighted by Crippen LogP contribution is -2.12. The summed E-state index contributed by atoms with van der Waals surface area (Å²) in [7, 11) is -3.64. The van der Waals surface area contributed by atoms with E-state index in [1.54, 1.807) is 24.5 Å². The Morgan fingerprint density at radius 3 is 2.37 bits per heavy atom. The van der Waals surface area contributed by atoms with E-state index in [-0.39, 0.29) is 4.90 Å². The molecule has 0 aliphatic rings. The first-order chi connectivity index (χ1) is 8.97. The highest BCUT2D eigenvalue weighted by Crippen LogP contribution is 2.11. The van der Waals surface area contributed by atoms with Gasteiger partial charge in [-0.15, -0.1) is 0 Å². The molecular weight excluding hydrogens is 264 g/mol. The second-order valence-electron chi connectivity index (χ2n) is 4.03. The van der Waals surface area contributed by atoms with Gasteiger partial charge in [-0.1, -0.05) is 12.1 Å². The van der Waals surface area contributed by atoms with Crippen molar-refractivity contribution in [2.45, 2.75) is 18.4 Å². The SMILES string of the molecule is Cc1nccnc1NCc1ccc(S(N)(=O)=O)cc1. The fourth-order valence-corrected chi connectivity index (χ4v) is 2.08. The molecular formula is C12H14N4O2S. The number of aryl methyl sites for hydroxylation is 1. The van der Waals surface area contributed by atoms with Gasteiger partial charge in [-0.05, 0) is 24.6 Å². The average molecular weight is 278 g/mol. The van der Waals surface area contributed by atoms with E-state index in [0.717, 1.165) is 11.3 Å². The number of sulfonamides is 1. The van der Waals surface area contributed by atoms with Crippen molar-refractivity contribution >= 4 is 15.8 Å². The van der Waals surface area contributed by atoms with Crippen LogP contribution >= 0.6 is 0 Å². The number of anilines is 1. The summed E-state index contributed by atoms with van der Waals surface area (Å²) >= 11 is 0. The van der Waals surface area contributed by atoms with Gasteiger partial charge in [0.1, 0.15) is 5.82 Å². The normalized spacial score (nSPS) is 11.3. The van der Waals surface area contributed by atoms with Crippen molar-refractivity contribution in [3.63, 3.8) is 0 Å². The molecule has 1 aromatic heterocycles. The van der Waals surface area contributed by atoms with Gasteiger partial charge in [-0.25, -0.2) is 18.5 Å². The third-order valence-corrected chi connectivity index (χ3v) is 3.52. The molecule has 0 spiro atoms. The van der Waals surface area contributed by atoms with E-state index in [1.165, 1.54) is 12.1 Å².